The minimum Gasteiger partial charge on any atom is -0.508 e. The molecular formula is C14H18N2O3. The van der Waals surface area contributed by atoms with Gasteiger partial charge in [0, 0.05) is 24.7 Å². The Kier molecular flexibility index (Phi) is 3.74. The smallest absolute Gasteiger partial charge is 0.254 e. The van der Waals surface area contributed by atoms with Gasteiger partial charge in [0.2, 0.25) is 5.91 Å². The third-order valence-corrected chi connectivity index (χ3v) is 3.60. The Hall–Kier alpha value is -2.04. The van der Waals surface area contributed by atoms with Gasteiger partial charge in [0.25, 0.3) is 5.91 Å². The molecule has 1 heterocycles. The molecule has 1 aromatic rings. The fourth-order valence-electron chi connectivity index (χ4n) is 2.46. The maximum absolute atomic E-state index is 12.5. The number of carbonyl (C=O) groups excluding carboxylic acids is 2. The van der Waals surface area contributed by atoms with Crippen LogP contribution in [-0.2, 0) is 4.79 Å². The van der Waals surface area contributed by atoms with E-state index in [-0.39, 0.29) is 17.6 Å². The minimum atomic E-state index is -0.403. The lowest BCUT2D eigenvalue weighted by Crippen LogP contribution is -2.45. The zero-order valence-electron chi connectivity index (χ0n) is 11.1. The molecule has 102 valence electrons. The van der Waals surface area contributed by atoms with E-state index < -0.39 is 6.04 Å². The summed E-state index contributed by atoms with van der Waals surface area (Å²) in [6.07, 6.45) is 1.50. The summed E-state index contributed by atoms with van der Waals surface area (Å²) in [5.41, 5.74) is 1.01. The van der Waals surface area contributed by atoms with E-state index in [4.69, 9.17) is 0 Å². The standard InChI is InChI=1S/C14H18N2O3/c1-9-10(5-3-7-12(9)17)14(19)16-8-4-6-11(16)13(18)15-2/h3,5,7,11,17H,4,6,8H2,1-2H3,(H,15,18). The van der Waals surface area contributed by atoms with Crippen molar-refractivity contribution in [1.82, 2.24) is 10.2 Å². The highest BCUT2D eigenvalue weighted by Crippen LogP contribution is 2.25. The van der Waals surface area contributed by atoms with Crippen LogP contribution in [0.15, 0.2) is 18.2 Å². The molecule has 1 aliphatic rings. The first-order valence-electron chi connectivity index (χ1n) is 6.37. The van der Waals surface area contributed by atoms with Gasteiger partial charge in [0.1, 0.15) is 11.8 Å². The molecule has 5 nitrogen and oxygen atoms in total. The molecule has 5 heteroatoms. The van der Waals surface area contributed by atoms with Gasteiger partial charge in [-0.2, -0.15) is 0 Å². The summed E-state index contributed by atoms with van der Waals surface area (Å²) in [6, 6.07) is 4.46. The lowest BCUT2D eigenvalue weighted by Gasteiger charge is -2.24. The quantitative estimate of drug-likeness (QED) is 0.837. The van der Waals surface area contributed by atoms with Gasteiger partial charge in [-0.25, -0.2) is 0 Å². The van der Waals surface area contributed by atoms with Gasteiger partial charge in [-0.3, -0.25) is 9.59 Å². The van der Waals surface area contributed by atoms with Crippen LogP contribution < -0.4 is 5.32 Å². The normalized spacial score (nSPS) is 18.4. The molecule has 2 N–H and O–H groups in total. The van der Waals surface area contributed by atoms with Gasteiger partial charge < -0.3 is 15.3 Å². The van der Waals surface area contributed by atoms with Crippen LogP contribution in [-0.4, -0.2) is 41.5 Å². The van der Waals surface area contributed by atoms with Crippen LogP contribution in [0.4, 0.5) is 0 Å². The number of hydrogen-bond acceptors (Lipinski definition) is 3. The number of phenolic OH excluding ortho intramolecular Hbond substituents is 1. The lowest BCUT2D eigenvalue weighted by atomic mass is 10.1. The van der Waals surface area contributed by atoms with E-state index in [1.165, 1.54) is 0 Å². The third-order valence-electron chi connectivity index (χ3n) is 3.60. The predicted octanol–water partition coefficient (Wildman–Crippen LogP) is 1.05. The summed E-state index contributed by atoms with van der Waals surface area (Å²) < 4.78 is 0. The fourth-order valence-corrected chi connectivity index (χ4v) is 2.46. The van der Waals surface area contributed by atoms with Crippen LogP contribution in [0.3, 0.4) is 0 Å². The van der Waals surface area contributed by atoms with Crippen molar-refractivity contribution in [3.05, 3.63) is 29.3 Å². The van der Waals surface area contributed by atoms with E-state index >= 15 is 0 Å². The number of benzene rings is 1. The number of likely N-dealkylation sites (N-methyl/N-ethyl adjacent to an activating group) is 1. The fraction of sp³-hybridized carbons (Fsp3) is 0.429. The summed E-state index contributed by atoms with van der Waals surface area (Å²) >= 11 is 0. The van der Waals surface area contributed by atoms with E-state index in [9.17, 15) is 14.7 Å². The van der Waals surface area contributed by atoms with E-state index in [1.807, 2.05) is 0 Å². The Labute approximate surface area is 112 Å². The molecule has 1 atom stereocenters. The first-order chi connectivity index (χ1) is 9.06. The van der Waals surface area contributed by atoms with E-state index in [2.05, 4.69) is 5.32 Å². The third kappa shape index (κ3) is 2.41. The van der Waals surface area contributed by atoms with Crippen molar-refractivity contribution in [2.24, 2.45) is 0 Å². The lowest BCUT2D eigenvalue weighted by molar-refractivity contribution is -0.124. The maximum atomic E-state index is 12.5. The number of carbonyl (C=O) groups is 2. The Morgan fingerprint density at radius 1 is 1.42 bits per heavy atom. The summed E-state index contributed by atoms with van der Waals surface area (Å²) in [7, 11) is 1.57. The van der Waals surface area contributed by atoms with Crippen molar-refractivity contribution >= 4 is 11.8 Å². The Bertz CT molecular complexity index is 513. The van der Waals surface area contributed by atoms with Crippen LogP contribution >= 0.6 is 0 Å². The predicted molar refractivity (Wildman–Crippen MR) is 71.0 cm³/mol. The van der Waals surface area contributed by atoms with E-state index in [1.54, 1.807) is 37.1 Å². The Balaban J connectivity index is 2.28. The molecular weight excluding hydrogens is 244 g/mol. The molecule has 1 aromatic carbocycles. The monoisotopic (exact) mass is 262 g/mol. The van der Waals surface area contributed by atoms with Crippen molar-refractivity contribution in [2.75, 3.05) is 13.6 Å². The van der Waals surface area contributed by atoms with Gasteiger partial charge in [-0.1, -0.05) is 6.07 Å². The molecule has 0 radical (unpaired) electrons. The molecule has 0 aromatic heterocycles. The average molecular weight is 262 g/mol. The second-order valence-electron chi connectivity index (χ2n) is 4.72. The largest absolute Gasteiger partial charge is 0.508 e. The second-order valence-corrected chi connectivity index (χ2v) is 4.72. The molecule has 0 aliphatic carbocycles. The molecule has 2 amide bonds. The van der Waals surface area contributed by atoms with Gasteiger partial charge in [-0.15, -0.1) is 0 Å². The topological polar surface area (TPSA) is 69.6 Å². The number of nitrogens with zero attached hydrogens (tertiary/aromatic N) is 1. The molecule has 0 spiro atoms. The highest BCUT2D eigenvalue weighted by molar-refractivity contribution is 5.99. The number of rotatable bonds is 2. The molecule has 1 aliphatic heterocycles. The van der Waals surface area contributed by atoms with Gasteiger partial charge in [-0.05, 0) is 31.9 Å². The SMILES string of the molecule is CNC(=O)C1CCCN1C(=O)c1cccc(O)c1C. The van der Waals surface area contributed by atoms with Crippen LogP contribution in [0.25, 0.3) is 0 Å². The van der Waals surface area contributed by atoms with Crippen molar-refractivity contribution < 1.29 is 14.7 Å². The number of likely N-dealkylation sites (tertiary alicyclic amines) is 1. The molecule has 1 unspecified atom stereocenters. The number of phenols is 1. The van der Waals surface area contributed by atoms with Gasteiger partial charge in [0.15, 0.2) is 0 Å². The Morgan fingerprint density at radius 2 is 2.16 bits per heavy atom. The van der Waals surface area contributed by atoms with Crippen molar-refractivity contribution in [1.29, 1.82) is 0 Å². The zero-order chi connectivity index (χ0) is 14.0. The van der Waals surface area contributed by atoms with Crippen LogP contribution in [0.2, 0.25) is 0 Å². The summed E-state index contributed by atoms with van der Waals surface area (Å²) in [4.78, 5) is 25.8. The second kappa shape index (κ2) is 5.30. The van der Waals surface area contributed by atoms with Crippen molar-refractivity contribution in [3.63, 3.8) is 0 Å². The Morgan fingerprint density at radius 3 is 2.84 bits per heavy atom. The first-order valence-corrected chi connectivity index (χ1v) is 6.37. The maximum Gasteiger partial charge on any atom is 0.254 e. The molecule has 0 saturated carbocycles. The highest BCUT2D eigenvalue weighted by Gasteiger charge is 2.34. The average Bonchev–Trinajstić information content (AvgIpc) is 2.89. The summed E-state index contributed by atoms with van der Waals surface area (Å²) in [6.45, 7) is 2.28. The van der Waals surface area contributed by atoms with Gasteiger partial charge >= 0.3 is 0 Å². The summed E-state index contributed by atoms with van der Waals surface area (Å²) in [5, 5.41) is 12.3. The van der Waals surface area contributed by atoms with Gasteiger partial charge in [0.05, 0.1) is 0 Å². The van der Waals surface area contributed by atoms with E-state index in [0.717, 1.165) is 6.42 Å². The van der Waals surface area contributed by atoms with Crippen LogP contribution in [0.1, 0.15) is 28.8 Å². The van der Waals surface area contributed by atoms with E-state index in [0.29, 0.717) is 24.1 Å². The first kappa shape index (κ1) is 13.4. The number of hydrogen-bond donors (Lipinski definition) is 2. The number of aromatic hydroxyl groups is 1. The molecule has 1 fully saturated rings. The molecule has 0 bridgehead atoms. The minimum absolute atomic E-state index is 0.0986. The van der Waals surface area contributed by atoms with Crippen molar-refractivity contribution in [3.8, 4) is 5.75 Å². The molecule has 1 saturated heterocycles. The zero-order valence-corrected chi connectivity index (χ0v) is 11.1. The molecule has 19 heavy (non-hydrogen) atoms. The number of nitrogens with one attached hydrogen (secondary N) is 1. The van der Waals surface area contributed by atoms with Crippen molar-refractivity contribution in [2.45, 2.75) is 25.8 Å². The highest BCUT2D eigenvalue weighted by atomic mass is 16.3. The summed E-state index contributed by atoms with van der Waals surface area (Å²) in [5.74, 6) is -0.232. The molecule has 2 rings (SSSR count). The van der Waals surface area contributed by atoms with Crippen LogP contribution in [0, 0.1) is 6.92 Å². The van der Waals surface area contributed by atoms with Crippen LogP contribution in [0.5, 0.6) is 5.75 Å². The number of amides is 2.